The smallest absolute Gasteiger partial charge is 0.267 e. The van der Waals surface area contributed by atoms with Crippen molar-refractivity contribution in [3.8, 4) is 0 Å². The van der Waals surface area contributed by atoms with Crippen molar-refractivity contribution in [2.45, 2.75) is 6.42 Å². The lowest BCUT2D eigenvalue weighted by Crippen LogP contribution is -2.45. The van der Waals surface area contributed by atoms with E-state index in [0.717, 1.165) is 0 Å². The lowest BCUT2D eigenvalue weighted by atomic mass is 9.83. The number of nitrogens with zero attached hydrogens (tertiary/aromatic N) is 3. The number of hydrogen-bond acceptors (Lipinski definition) is 4. The van der Waals surface area contributed by atoms with Crippen molar-refractivity contribution in [1.29, 1.82) is 0 Å². The van der Waals surface area contributed by atoms with Gasteiger partial charge in [0.15, 0.2) is 10.9 Å². The van der Waals surface area contributed by atoms with E-state index in [-0.39, 0.29) is 5.91 Å². The van der Waals surface area contributed by atoms with E-state index in [0.29, 0.717) is 23.7 Å². The van der Waals surface area contributed by atoms with E-state index in [9.17, 15) is 9.59 Å². The van der Waals surface area contributed by atoms with Gasteiger partial charge in [0.05, 0.1) is 0 Å². The van der Waals surface area contributed by atoms with E-state index in [1.165, 1.54) is 6.33 Å². The molecule has 3 rings (SSSR count). The van der Waals surface area contributed by atoms with E-state index in [1.54, 1.807) is 12.3 Å². The maximum Gasteiger partial charge on any atom is 0.267 e. The number of fused-ring (bicyclic) bond motifs is 1. The Morgan fingerprint density at radius 2 is 2.25 bits per heavy atom. The Morgan fingerprint density at radius 1 is 1.38 bits per heavy atom. The van der Waals surface area contributed by atoms with Crippen molar-refractivity contribution in [2.75, 3.05) is 6.54 Å². The molecule has 1 unspecified atom stereocenters. The molecule has 80 valence electrons. The fraction of sp³-hybridized carbons (Fsp3) is 0.300. The molecule has 2 amide bonds. The minimum absolute atomic E-state index is 0.282. The Morgan fingerprint density at radius 3 is 3.00 bits per heavy atom. The fourth-order valence-electron chi connectivity index (χ4n) is 2.04. The van der Waals surface area contributed by atoms with Gasteiger partial charge in [0.2, 0.25) is 5.91 Å². The van der Waals surface area contributed by atoms with Crippen LogP contribution < -0.4 is 16.0 Å². The Balaban J connectivity index is 2.31. The zero-order chi connectivity index (χ0) is 11.2. The second kappa shape index (κ2) is 2.94. The monoisotopic (exact) mass is 216 g/mol. The van der Waals surface area contributed by atoms with Crippen molar-refractivity contribution in [2.24, 2.45) is 10.4 Å². The highest BCUT2D eigenvalue weighted by atomic mass is 16.2. The first kappa shape index (κ1) is 9.14. The highest BCUT2D eigenvalue weighted by Crippen LogP contribution is 2.30. The van der Waals surface area contributed by atoms with Crippen LogP contribution in [-0.4, -0.2) is 28.3 Å². The number of aromatic nitrogens is 2. The molecule has 1 aromatic rings. The molecule has 1 fully saturated rings. The van der Waals surface area contributed by atoms with E-state index >= 15 is 0 Å². The number of rotatable bonds is 0. The highest BCUT2D eigenvalue weighted by Gasteiger charge is 2.48. The van der Waals surface area contributed by atoms with Crippen molar-refractivity contribution >= 4 is 17.9 Å². The average molecular weight is 216 g/mol. The summed E-state index contributed by atoms with van der Waals surface area (Å²) in [5.41, 5.74) is -0.789. The Labute approximate surface area is 90.1 Å². The predicted molar refractivity (Wildman–Crippen MR) is 52.3 cm³/mol. The molecule has 1 spiro atoms. The molecule has 6 nitrogen and oxygen atoms in total. The van der Waals surface area contributed by atoms with Gasteiger partial charge in [0.25, 0.3) is 5.91 Å². The normalized spacial score (nSPS) is 27.0. The first-order valence-electron chi connectivity index (χ1n) is 4.93. The van der Waals surface area contributed by atoms with Crippen LogP contribution in [0.15, 0.2) is 17.5 Å². The van der Waals surface area contributed by atoms with Gasteiger partial charge in [0, 0.05) is 18.0 Å². The zero-order valence-electron chi connectivity index (χ0n) is 8.30. The van der Waals surface area contributed by atoms with Gasteiger partial charge in [-0.1, -0.05) is 0 Å². The minimum Gasteiger partial charge on any atom is -0.355 e. The maximum absolute atomic E-state index is 11.9. The van der Waals surface area contributed by atoms with Crippen LogP contribution in [-0.2, 0) is 9.59 Å². The highest BCUT2D eigenvalue weighted by molar-refractivity contribution is 6.12. The number of hydrogen-bond donors (Lipinski definition) is 1. The molecule has 0 aromatic carbocycles. The third kappa shape index (κ3) is 1.04. The quantitative estimate of drug-likeness (QED) is 0.504. The zero-order valence-corrected chi connectivity index (χ0v) is 8.30. The van der Waals surface area contributed by atoms with Crippen LogP contribution >= 0.6 is 0 Å². The summed E-state index contributed by atoms with van der Waals surface area (Å²) in [5.74, 6) is -0.718. The molecule has 3 heterocycles. The van der Waals surface area contributed by atoms with Crippen LogP contribution in [0.25, 0.3) is 6.08 Å². The summed E-state index contributed by atoms with van der Waals surface area (Å²) in [7, 11) is 0. The first-order chi connectivity index (χ1) is 7.72. The summed E-state index contributed by atoms with van der Waals surface area (Å²) >= 11 is 0. The first-order valence-corrected chi connectivity index (χ1v) is 4.93. The van der Waals surface area contributed by atoms with Gasteiger partial charge in [-0.3, -0.25) is 9.59 Å². The van der Waals surface area contributed by atoms with Gasteiger partial charge >= 0.3 is 0 Å². The summed E-state index contributed by atoms with van der Waals surface area (Å²) in [6.45, 7) is 0.500. The largest absolute Gasteiger partial charge is 0.355 e. The standard InChI is InChI=1S/C10H8N4O2/c15-8-10(1-2-12-8)3-6-4-11-5-13-7(6)14-9(10)16/h3-5H,1-2H2,(H,12,15). The van der Waals surface area contributed by atoms with E-state index < -0.39 is 11.3 Å². The van der Waals surface area contributed by atoms with Crippen molar-refractivity contribution in [3.63, 3.8) is 0 Å². The Hall–Kier alpha value is -2.11. The van der Waals surface area contributed by atoms with Crippen LogP contribution in [0, 0.1) is 5.41 Å². The number of nitrogens with one attached hydrogen (secondary N) is 1. The summed E-state index contributed by atoms with van der Waals surface area (Å²) in [4.78, 5) is 35.2. The summed E-state index contributed by atoms with van der Waals surface area (Å²) in [6, 6.07) is 0. The van der Waals surface area contributed by atoms with Crippen molar-refractivity contribution in [3.05, 3.63) is 23.2 Å². The molecule has 16 heavy (non-hydrogen) atoms. The summed E-state index contributed by atoms with van der Waals surface area (Å²) < 4.78 is 0. The van der Waals surface area contributed by atoms with Crippen LogP contribution in [0.1, 0.15) is 6.42 Å². The Bertz CT molecular complexity index is 609. The molecule has 0 bridgehead atoms. The lowest BCUT2D eigenvalue weighted by molar-refractivity contribution is -0.135. The van der Waals surface area contributed by atoms with Gasteiger partial charge in [-0.15, -0.1) is 0 Å². The second-order valence-corrected chi connectivity index (χ2v) is 3.84. The summed E-state index contributed by atoms with van der Waals surface area (Å²) in [5, 5.41) is 3.29. The van der Waals surface area contributed by atoms with Crippen molar-refractivity contribution in [1.82, 2.24) is 15.3 Å². The molecule has 0 radical (unpaired) electrons. The predicted octanol–water partition coefficient (Wildman–Crippen LogP) is -2.08. The molecule has 1 aromatic heterocycles. The van der Waals surface area contributed by atoms with Crippen LogP contribution in [0.2, 0.25) is 0 Å². The average Bonchev–Trinajstić information content (AvgIpc) is 2.63. The van der Waals surface area contributed by atoms with E-state index in [2.05, 4.69) is 20.3 Å². The fourth-order valence-corrected chi connectivity index (χ4v) is 2.04. The maximum atomic E-state index is 11.9. The molecular weight excluding hydrogens is 208 g/mol. The molecule has 1 N–H and O–H groups in total. The van der Waals surface area contributed by atoms with Crippen molar-refractivity contribution < 1.29 is 9.59 Å². The second-order valence-electron chi connectivity index (χ2n) is 3.84. The molecule has 1 saturated heterocycles. The van der Waals surface area contributed by atoms with Crippen LogP contribution in [0.3, 0.4) is 0 Å². The SMILES string of the molecule is O=C1N=c2ncncc2=CC12CCNC2=O. The molecule has 2 aliphatic rings. The third-order valence-corrected chi connectivity index (χ3v) is 2.92. The third-order valence-electron chi connectivity index (χ3n) is 2.92. The number of amides is 2. The summed E-state index contributed by atoms with van der Waals surface area (Å²) in [6.07, 6.45) is 4.96. The van der Waals surface area contributed by atoms with Gasteiger partial charge in [-0.25, -0.2) is 9.97 Å². The molecule has 6 heteroatoms. The van der Waals surface area contributed by atoms with Crippen LogP contribution in [0.4, 0.5) is 0 Å². The molecule has 1 atom stereocenters. The van der Waals surface area contributed by atoms with Gasteiger partial charge in [0.1, 0.15) is 6.33 Å². The Kier molecular flexibility index (Phi) is 1.68. The van der Waals surface area contributed by atoms with E-state index in [4.69, 9.17) is 0 Å². The van der Waals surface area contributed by atoms with Gasteiger partial charge in [-0.05, 0) is 12.5 Å². The van der Waals surface area contributed by atoms with Crippen LogP contribution in [0.5, 0.6) is 0 Å². The van der Waals surface area contributed by atoms with Gasteiger partial charge < -0.3 is 5.32 Å². The molecule has 0 aliphatic carbocycles. The molecule has 2 aliphatic heterocycles. The lowest BCUT2D eigenvalue weighted by Gasteiger charge is -2.19. The van der Waals surface area contributed by atoms with Gasteiger partial charge in [-0.2, -0.15) is 4.99 Å². The topological polar surface area (TPSA) is 84.3 Å². The molecule has 0 saturated carbocycles. The number of carbonyl (C=O) groups is 2. The molecular formula is C10H8N4O2. The minimum atomic E-state index is -1.13. The van der Waals surface area contributed by atoms with E-state index in [1.807, 2.05) is 0 Å². The number of carbonyl (C=O) groups excluding carboxylic acids is 2.